The van der Waals surface area contributed by atoms with E-state index in [0.29, 0.717) is 24.0 Å². The molecule has 21 heavy (non-hydrogen) atoms. The van der Waals surface area contributed by atoms with Crippen LogP contribution >= 0.6 is 0 Å². The highest BCUT2D eigenvalue weighted by molar-refractivity contribution is 5.86. The molecule has 0 bridgehead atoms. The molecule has 0 heterocycles. The Kier molecular flexibility index (Phi) is 6.72. The van der Waals surface area contributed by atoms with Crippen molar-refractivity contribution in [1.29, 1.82) is 0 Å². The average molecular weight is 297 g/mol. The number of alkyl carbamates (subject to hydrolysis) is 1. The molecule has 1 N–H and O–H groups in total. The van der Waals surface area contributed by atoms with Crippen LogP contribution in [0.3, 0.4) is 0 Å². The van der Waals surface area contributed by atoms with Crippen LogP contribution < -0.4 is 5.32 Å². The lowest BCUT2D eigenvalue weighted by Crippen LogP contribution is -2.34. The van der Waals surface area contributed by atoms with Crippen molar-refractivity contribution in [3.63, 3.8) is 0 Å². The molecule has 1 amide bonds. The van der Waals surface area contributed by atoms with Crippen LogP contribution in [0.15, 0.2) is 12.2 Å². The van der Waals surface area contributed by atoms with E-state index in [1.165, 1.54) is 6.42 Å². The third-order valence-electron chi connectivity index (χ3n) is 3.90. The third kappa shape index (κ3) is 6.19. The van der Waals surface area contributed by atoms with Crippen LogP contribution in [0.25, 0.3) is 0 Å². The maximum absolute atomic E-state index is 11.7. The largest absolute Gasteiger partial charge is 0.458 e. The minimum Gasteiger partial charge on any atom is -0.458 e. The molecule has 0 aromatic rings. The normalized spacial score (nSPS) is 26.0. The first-order valence-corrected chi connectivity index (χ1v) is 7.56. The average Bonchev–Trinajstić information content (AvgIpc) is 2.71. The first-order chi connectivity index (χ1) is 9.79. The molecule has 1 rings (SSSR count). The predicted octanol–water partition coefficient (Wildman–Crippen LogP) is 2.90. The summed E-state index contributed by atoms with van der Waals surface area (Å²) in [6.45, 7) is 11.9. The topological polar surface area (TPSA) is 64.6 Å². The number of carbonyl (C=O) groups is 2. The van der Waals surface area contributed by atoms with E-state index in [-0.39, 0.29) is 6.61 Å². The first kappa shape index (κ1) is 17.5. The van der Waals surface area contributed by atoms with Crippen molar-refractivity contribution < 1.29 is 19.1 Å². The standard InChI is InChI=1S/C16H27NO4/c1-10(2)15(18)20-9-13(5)21-16(19)17-8-14-7-11(3)6-12(14)4/h11-14H,1,6-9H2,2-5H3,(H,17,19). The summed E-state index contributed by atoms with van der Waals surface area (Å²) in [5.41, 5.74) is 0.330. The van der Waals surface area contributed by atoms with Crippen LogP contribution in [0.1, 0.15) is 40.5 Å². The van der Waals surface area contributed by atoms with Crippen LogP contribution in [-0.2, 0) is 14.3 Å². The molecule has 1 saturated carbocycles. The number of amides is 1. The number of carbonyl (C=O) groups excluding carboxylic acids is 2. The van der Waals surface area contributed by atoms with E-state index >= 15 is 0 Å². The maximum Gasteiger partial charge on any atom is 0.407 e. The highest BCUT2D eigenvalue weighted by atomic mass is 16.6. The molecule has 0 saturated heterocycles. The van der Waals surface area contributed by atoms with Crippen molar-refractivity contribution in [2.24, 2.45) is 17.8 Å². The van der Waals surface area contributed by atoms with Gasteiger partial charge >= 0.3 is 12.1 Å². The van der Waals surface area contributed by atoms with Gasteiger partial charge in [0.05, 0.1) is 0 Å². The third-order valence-corrected chi connectivity index (χ3v) is 3.90. The Balaban J connectivity index is 2.21. The molecule has 4 atom stereocenters. The number of nitrogens with one attached hydrogen (secondary N) is 1. The van der Waals surface area contributed by atoms with Crippen LogP contribution in [0.4, 0.5) is 4.79 Å². The fraction of sp³-hybridized carbons (Fsp3) is 0.750. The minimum absolute atomic E-state index is 0.0377. The molecule has 0 spiro atoms. The molecular weight excluding hydrogens is 270 g/mol. The highest BCUT2D eigenvalue weighted by Crippen LogP contribution is 2.35. The molecule has 5 heteroatoms. The van der Waals surface area contributed by atoms with E-state index in [2.05, 4.69) is 25.7 Å². The summed E-state index contributed by atoms with van der Waals surface area (Å²) >= 11 is 0. The van der Waals surface area contributed by atoms with Crippen LogP contribution in [0, 0.1) is 17.8 Å². The Bertz CT molecular complexity index is 394. The number of rotatable bonds is 6. The lowest BCUT2D eigenvalue weighted by atomic mass is 9.98. The zero-order valence-corrected chi connectivity index (χ0v) is 13.5. The van der Waals surface area contributed by atoms with Crippen molar-refractivity contribution in [3.05, 3.63) is 12.2 Å². The lowest BCUT2D eigenvalue weighted by Gasteiger charge is -2.18. The molecule has 120 valence electrons. The van der Waals surface area contributed by atoms with Crippen molar-refractivity contribution in [2.75, 3.05) is 13.2 Å². The van der Waals surface area contributed by atoms with Gasteiger partial charge in [-0.3, -0.25) is 0 Å². The Morgan fingerprint density at radius 3 is 2.52 bits per heavy atom. The van der Waals surface area contributed by atoms with Crippen LogP contribution in [0.2, 0.25) is 0 Å². The summed E-state index contributed by atoms with van der Waals surface area (Å²) in [5.74, 6) is 1.40. The summed E-state index contributed by atoms with van der Waals surface area (Å²) in [5, 5.41) is 2.80. The summed E-state index contributed by atoms with van der Waals surface area (Å²) in [6.07, 6.45) is 1.43. The Morgan fingerprint density at radius 2 is 2.00 bits per heavy atom. The minimum atomic E-state index is -0.478. The second kappa shape index (κ2) is 8.05. The lowest BCUT2D eigenvalue weighted by molar-refractivity contribution is -0.141. The maximum atomic E-state index is 11.7. The molecule has 0 aliphatic heterocycles. The van der Waals surface area contributed by atoms with E-state index in [0.717, 1.165) is 12.3 Å². The van der Waals surface area contributed by atoms with Gasteiger partial charge in [-0.25, -0.2) is 9.59 Å². The first-order valence-electron chi connectivity index (χ1n) is 7.56. The molecular formula is C16H27NO4. The van der Waals surface area contributed by atoms with Crippen molar-refractivity contribution in [1.82, 2.24) is 5.32 Å². The van der Waals surface area contributed by atoms with E-state index in [1.807, 2.05) is 0 Å². The van der Waals surface area contributed by atoms with Crippen molar-refractivity contribution in [2.45, 2.75) is 46.6 Å². The molecule has 0 aromatic heterocycles. The Hall–Kier alpha value is -1.52. The zero-order valence-electron chi connectivity index (χ0n) is 13.5. The van der Waals surface area contributed by atoms with Gasteiger partial charge in [-0.15, -0.1) is 0 Å². The fourth-order valence-electron chi connectivity index (χ4n) is 2.75. The molecule has 1 aliphatic carbocycles. The van der Waals surface area contributed by atoms with Gasteiger partial charge < -0.3 is 14.8 Å². The molecule has 4 unspecified atom stereocenters. The summed E-state index contributed by atoms with van der Waals surface area (Å²) in [6, 6.07) is 0. The number of ether oxygens (including phenoxy) is 2. The fourth-order valence-corrected chi connectivity index (χ4v) is 2.75. The van der Waals surface area contributed by atoms with Gasteiger partial charge in [-0.05, 0) is 44.4 Å². The second-order valence-electron chi connectivity index (χ2n) is 6.29. The monoisotopic (exact) mass is 297 g/mol. The second-order valence-corrected chi connectivity index (χ2v) is 6.29. The quantitative estimate of drug-likeness (QED) is 0.605. The van der Waals surface area contributed by atoms with Crippen LogP contribution in [-0.4, -0.2) is 31.3 Å². The van der Waals surface area contributed by atoms with Gasteiger partial charge in [0.1, 0.15) is 12.7 Å². The SMILES string of the molecule is C=C(C)C(=O)OCC(C)OC(=O)NCC1CC(C)CC1C. The number of esters is 1. The predicted molar refractivity (Wildman–Crippen MR) is 80.8 cm³/mol. The molecule has 0 radical (unpaired) electrons. The van der Waals surface area contributed by atoms with Gasteiger partial charge in [0.15, 0.2) is 0 Å². The Morgan fingerprint density at radius 1 is 1.33 bits per heavy atom. The number of hydrogen-bond donors (Lipinski definition) is 1. The summed E-state index contributed by atoms with van der Waals surface area (Å²) < 4.78 is 10.1. The van der Waals surface area contributed by atoms with Gasteiger partial charge in [0, 0.05) is 12.1 Å². The summed E-state index contributed by atoms with van der Waals surface area (Å²) in [7, 11) is 0. The van der Waals surface area contributed by atoms with Crippen LogP contribution in [0.5, 0.6) is 0 Å². The van der Waals surface area contributed by atoms with Crippen molar-refractivity contribution >= 4 is 12.1 Å². The van der Waals surface area contributed by atoms with E-state index < -0.39 is 18.2 Å². The zero-order chi connectivity index (χ0) is 16.0. The molecule has 5 nitrogen and oxygen atoms in total. The molecule has 1 fully saturated rings. The van der Waals surface area contributed by atoms with Gasteiger partial charge in [0.25, 0.3) is 0 Å². The number of hydrogen-bond acceptors (Lipinski definition) is 4. The van der Waals surface area contributed by atoms with Gasteiger partial charge in [-0.2, -0.15) is 0 Å². The van der Waals surface area contributed by atoms with Gasteiger partial charge in [0.2, 0.25) is 0 Å². The van der Waals surface area contributed by atoms with Crippen molar-refractivity contribution in [3.8, 4) is 0 Å². The molecule has 0 aromatic carbocycles. The summed E-state index contributed by atoms with van der Waals surface area (Å²) in [4.78, 5) is 22.9. The Labute approximate surface area is 127 Å². The van der Waals surface area contributed by atoms with E-state index in [1.54, 1.807) is 13.8 Å². The highest BCUT2D eigenvalue weighted by Gasteiger charge is 2.28. The van der Waals surface area contributed by atoms with E-state index in [4.69, 9.17) is 9.47 Å². The van der Waals surface area contributed by atoms with Gasteiger partial charge in [-0.1, -0.05) is 20.4 Å². The van der Waals surface area contributed by atoms with E-state index in [9.17, 15) is 9.59 Å². The molecule has 1 aliphatic rings. The smallest absolute Gasteiger partial charge is 0.407 e.